The second-order valence-electron chi connectivity index (χ2n) is 7.06. The highest BCUT2D eigenvalue weighted by molar-refractivity contribution is 5.99. The lowest BCUT2D eigenvalue weighted by atomic mass is 9.98. The number of carbonyl (C=O) groups is 2. The molecule has 1 unspecified atom stereocenters. The molecule has 0 spiro atoms. The Morgan fingerprint density at radius 1 is 1.04 bits per heavy atom. The van der Waals surface area contributed by atoms with Gasteiger partial charge in [-0.1, -0.05) is 24.3 Å². The van der Waals surface area contributed by atoms with Crippen molar-refractivity contribution in [2.24, 2.45) is 0 Å². The maximum Gasteiger partial charge on any atom is 0.258 e. The molecule has 142 valence electrons. The monoisotopic (exact) mass is 368 g/mol. The van der Waals surface area contributed by atoms with E-state index in [1.54, 1.807) is 50.1 Å². The molecule has 1 aliphatic rings. The molecule has 0 bridgehead atoms. The molecule has 0 saturated carbocycles. The molecule has 2 N–H and O–H groups in total. The van der Waals surface area contributed by atoms with Crippen molar-refractivity contribution in [3.8, 4) is 11.5 Å². The van der Waals surface area contributed by atoms with Crippen LogP contribution in [0.3, 0.4) is 0 Å². The lowest BCUT2D eigenvalue weighted by Gasteiger charge is -2.43. The third-order valence-electron chi connectivity index (χ3n) is 5.17. The van der Waals surface area contributed by atoms with Crippen LogP contribution in [0.2, 0.25) is 0 Å². The van der Waals surface area contributed by atoms with Crippen LogP contribution in [0.25, 0.3) is 0 Å². The Bertz CT molecular complexity index is 853. The van der Waals surface area contributed by atoms with E-state index in [2.05, 4.69) is 0 Å². The zero-order chi connectivity index (χ0) is 19.7. The minimum atomic E-state index is -0.274. The lowest BCUT2D eigenvalue weighted by molar-refractivity contribution is 0.0355. The van der Waals surface area contributed by atoms with E-state index in [1.807, 2.05) is 0 Å². The summed E-state index contributed by atoms with van der Waals surface area (Å²) in [4.78, 5) is 28.8. The number of phenols is 2. The topological polar surface area (TPSA) is 81.1 Å². The van der Waals surface area contributed by atoms with E-state index in [4.69, 9.17) is 0 Å². The van der Waals surface area contributed by atoms with Crippen molar-refractivity contribution in [2.45, 2.75) is 26.3 Å². The molecule has 1 saturated heterocycles. The van der Waals surface area contributed by atoms with Crippen LogP contribution in [-0.4, -0.2) is 58.0 Å². The number of hydrogen-bond donors (Lipinski definition) is 2. The van der Waals surface area contributed by atoms with Gasteiger partial charge in [-0.2, -0.15) is 0 Å². The molecule has 27 heavy (non-hydrogen) atoms. The van der Waals surface area contributed by atoms with Gasteiger partial charge in [0.15, 0.2) is 0 Å². The Balaban J connectivity index is 1.73. The molecule has 3 rings (SSSR count). The first kappa shape index (κ1) is 18.8. The van der Waals surface area contributed by atoms with Crippen LogP contribution >= 0.6 is 0 Å². The normalized spacial score (nSPS) is 16.0. The standard InChI is InChI=1S/C21H24N2O4/c1-13-6-4-8-16(24)18(13)20(26)22(3)12-15-10-11-23(15)21(27)19-14(2)7-5-9-17(19)25/h4-9,15,24-25H,10-12H2,1-3H3. The summed E-state index contributed by atoms with van der Waals surface area (Å²) in [6.07, 6.45) is 0.787. The van der Waals surface area contributed by atoms with Gasteiger partial charge in [-0.3, -0.25) is 9.59 Å². The predicted octanol–water partition coefficient (Wildman–Crippen LogP) is 2.70. The number of likely N-dealkylation sites (N-methyl/N-ethyl adjacent to an activating group) is 1. The Labute approximate surface area is 158 Å². The van der Waals surface area contributed by atoms with Gasteiger partial charge in [-0.15, -0.1) is 0 Å². The number of amides is 2. The van der Waals surface area contributed by atoms with Crippen molar-refractivity contribution in [2.75, 3.05) is 20.1 Å². The van der Waals surface area contributed by atoms with Gasteiger partial charge < -0.3 is 20.0 Å². The number of aryl methyl sites for hydroxylation is 2. The number of nitrogens with zero attached hydrogens (tertiary/aromatic N) is 2. The highest BCUT2D eigenvalue weighted by Crippen LogP contribution is 2.28. The molecule has 2 aromatic carbocycles. The predicted molar refractivity (Wildman–Crippen MR) is 102 cm³/mol. The van der Waals surface area contributed by atoms with Crippen molar-refractivity contribution < 1.29 is 19.8 Å². The first-order chi connectivity index (χ1) is 12.8. The molecule has 0 radical (unpaired) electrons. The summed E-state index contributed by atoms with van der Waals surface area (Å²) in [5.74, 6) is -0.566. The van der Waals surface area contributed by atoms with Crippen molar-refractivity contribution in [3.63, 3.8) is 0 Å². The van der Waals surface area contributed by atoms with Gasteiger partial charge in [0.25, 0.3) is 11.8 Å². The Morgan fingerprint density at radius 3 is 2.07 bits per heavy atom. The molecule has 1 atom stereocenters. The number of benzene rings is 2. The van der Waals surface area contributed by atoms with E-state index in [-0.39, 0.29) is 34.9 Å². The second-order valence-corrected chi connectivity index (χ2v) is 7.06. The molecule has 1 heterocycles. The van der Waals surface area contributed by atoms with Gasteiger partial charge in [-0.05, 0) is 43.5 Å². The second kappa shape index (κ2) is 7.31. The molecule has 0 aromatic heterocycles. The Hall–Kier alpha value is -3.02. The van der Waals surface area contributed by atoms with Gasteiger partial charge in [0.05, 0.1) is 17.2 Å². The molecule has 6 heteroatoms. The quantitative estimate of drug-likeness (QED) is 0.869. The van der Waals surface area contributed by atoms with Gasteiger partial charge in [0, 0.05) is 20.1 Å². The van der Waals surface area contributed by atoms with Crippen LogP contribution in [0.15, 0.2) is 36.4 Å². The van der Waals surface area contributed by atoms with Gasteiger partial charge in [-0.25, -0.2) is 0 Å². The summed E-state index contributed by atoms with van der Waals surface area (Å²) < 4.78 is 0. The Morgan fingerprint density at radius 2 is 1.59 bits per heavy atom. The molecule has 1 aliphatic heterocycles. The van der Waals surface area contributed by atoms with Crippen LogP contribution in [0.5, 0.6) is 11.5 Å². The molecular weight excluding hydrogens is 344 g/mol. The van der Waals surface area contributed by atoms with Gasteiger partial charge in [0.1, 0.15) is 11.5 Å². The van der Waals surface area contributed by atoms with Crippen LogP contribution in [-0.2, 0) is 0 Å². The maximum absolute atomic E-state index is 12.8. The van der Waals surface area contributed by atoms with Gasteiger partial charge in [0.2, 0.25) is 0 Å². The van der Waals surface area contributed by atoms with E-state index in [0.29, 0.717) is 24.2 Å². The molecule has 2 amide bonds. The first-order valence-corrected chi connectivity index (χ1v) is 8.95. The summed E-state index contributed by atoms with van der Waals surface area (Å²) in [5.41, 5.74) is 2.03. The highest BCUT2D eigenvalue weighted by atomic mass is 16.3. The smallest absolute Gasteiger partial charge is 0.258 e. The number of likely N-dealkylation sites (tertiary alicyclic amines) is 1. The van der Waals surface area contributed by atoms with E-state index < -0.39 is 0 Å². The summed E-state index contributed by atoms with van der Waals surface area (Å²) in [7, 11) is 1.67. The first-order valence-electron chi connectivity index (χ1n) is 8.95. The molecule has 0 aliphatic carbocycles. The fraction of sp³-hybridized carbons (Fsp3) is 0.333. The van der Waals surface area contributed by atoms with Crippen LogP contribution < -0.4 is 0 Å². The SMILES string of the molecule is Cc1cccc(O)c1C(=O)N(C)CC1CCN1C(=O)c1c(C)cccc1O. The molecular formula is C21H24N2O4. The van der Waals surface area contributed by atoms with E-state index in [9.17, 15) is 19.8 Å². The third kappa shape index (κ3) is 3.47. The van der Waals surface area contributed by atoms with Crippen molar-refractivity contribution >= 4 is 11.8 Å². The minimum absolute atomic E-state index is 0.0279. The largest absolute Gasteiger partial charge is 0.507 e. The van der Waals surface area contributed by atoms with Crippen molar-refractivity contribution in [1.82, 2.24) is 9.80 Å². The zero-order valence-electron chi connectivity index (χ0n) is 15.8. The fourth-order valence-electron chi connectivity index (χ4n) is 3.49. The van der Waals surface area contributed by atoms with Crippen molar-refractivity contribution in [3.05, 3.63) is 58.7 Å². The fourth-order valence-corrected chi connectivity index (χ4v) is 3.49. The molecule has 2 aromatic rings. The molecule has 6 nitrogen and oxygen atoms in total. The number of carbonyl (C=O) groups excluding carboxylic acids is 2. The summed E-state index contributed by atoms with van der Waals surface area (Å²) in [5, 5.41) is 20.1. The van der Waals surface area contributed by atoms with Crippen LogP contribution in [0, 0.1) is 13.8 Å². The zero-order valence-corrected chi connectivity index (χ0v) is 15.8. The summed E-state index contributed by atoms with van der Waals surface area (Å²) in [6.45, 7) is 4.53. The summed E-state index contributed by atoms with van der Waals surface area (Å²) >= 11 is 0. The number of aromatic hydroxyl groups is 2. The highest BCUT2D eigenvalue weighted by Gasteiger charge is 2.36. The van der Waals surface area contributed by atoms with Crippen LogP contribution in [0.1, 0.15) is 38.3 Å². The van der Waals surface area contributed by atoms with E-state index in [0.717, 1.165) is 12.0 Å². The van der Waals surface area contributed by atoms with Crippen LogP contribution in [0.4, 0.5) is 0 Å². The molecule has 1 fully saturated rings. The van der Waals surface area contributed by atoms with Gasteiger partial charge >= 0.3 is 0 Å². The third-order valence-corrected chi connectivity index (χ3v) is 5.17. The van der Waals surface area contributed by atoms with E-state index >= 15 is 0 Å². The Kier molecular flexibility index (Phi) is 5.08. The van der Waals surface area contributed by atoms with Crippen molar-refractivity contribution in [1.29, 1.82) is 0 Å². The lowest BCUT2D eigenvalue weighted by Crippen LogP contribution is -2.56. The van der Waals surface area contributed by atoms with E-state index in [1.165, 1.54) is 17.0 Å². The summed E-state index contributed by atoms with van der Waals surface area (Å²) in [6, 6.07) is 9.86. The number of rotatable bonds is 4. The maximum atomic E-state index is 12.8. The average molecular weight is 368 g/mol. The average Bonchev–Trinajstić information content (AvgIpc) is 2.58. The number of phenolic OH excluding ortho intramolecular Hbond substituents is 2. The number of hydrogen-bond acceptors (Lipinski definition) is 4. The minimum Gasteiger partial charge on any atom is -0.507 e.